The quantitative estimate of drug-likeness (QED) is 0.606. The number of guanidine groups is 1. The number of likely N-dealkylation sites (tertiary alicyclic amines) is 1. The third kappa shape index (κ3) is 4.60. The molecule has 0 radical (unpaired) electrons. The Bertz CT molecular complexity index is 704. The zero-order valence-electron chi connectivity index (χ0n) is 14.8. The first-order valence-corrected chi connectivity index (χ1v) is 9.60. The van der Waals surface area contributed by atoms with Gasteiger partial charge in [0.15, 0.2) is 5.96 Å². The van der Waals surface area contributed by atoms with Crippen LogP contribution in [0.5, 0.6) is 0 Å². The molecule has 1 fully saturated rings. The van der Waals surface area contributed by atoms with Crippen LogP contribution in [-0.4, -0.2) is 45.7 Å². The molecular weight excluding hydrogens is 380 g/mol. The predicted octanol–water partition coefficient (Wildman–Crippen LogP) is 3.22. The van der Waals surface area contributed by atoms with Gasteiger partial charge in [0.1, 0.15) is 12.2 Å². The normalized spacial score (nSPS) is 16.3. The van der Waals surface area contributed by atoms with Gasteiger partial charge in [-0.3, -0.25) is 5.10 Å². The zero-order chi connectivity index (χ0) is 17.6. The van der Waals surface area contributed by atoms with Crippen molar-refractivity contribution in [3.63, 3.8) is 0 Å². The molecule has 6 nitrogen and oxygen atoms in total. The first-order chi connectivity index (χ1) is 12.2. The summed E-state index contributed by atoms with van der Waals surface area (Å²) in [4.78, 5) is 11.5. The van der Waals surface area contributed by atoms with Crippen LogP contribution in [0.1, 0.15) is 42.6 Å². The monoisotopic (exact) mass is 404 g/mol. The van der Waals surface area contributed by atoms with Crippen LogP contribution in [0.25, 0.3) is 0 Å². The Hall–Kier alpha value is -1.89. The number of rotatable bonds is 4. The first-order valence-electron chi connectivity index (χ1n) is 8.81. The summed E-state index contributed by atoms with van der Waals surface area (Å²) in [5.74, 6) is 2.48. The minimum atomic E-state index is 0.468. The molecule has 2 N–H and O–H groups in total. The highest BCUT2D eigenvalue weighted by atomic mass is 79.9. The second kappa shape index (κ2) is 8.47. The van der Waals surface area contributed by atoms with E-state index >= 15 is 0 Å². The fourth-order valence-electron chi connectivity index (χ4n) is 3.20. The number of nitrogens with zero attached hydrogens (tertiary/aromatic N) is 4. The van der Waals surface area contributed by atoms with E-state index in [1.54, 1.807) is 6.33 Å². The number of aromatic nitrogens is 3. The number of aromatic amines is 1. The number of H-pyrrole nitrogens is 1. The van der Waals surface area contributed by atoms with Gasteiger partial charge in [0.25, 0.3) is 0 Å². The molecule has 134 valence electrons. The van der Waals surface area contributed by atoms with Crippen molar-refractivity contribution < 1.29 is 0 Å². The second-order valence-electron chi connectivity index (χ2n) is 6.37. The maximum Gasteiger partial charge on any atom is 0.194 e. The second-order valence-corrected chi connectivity index (χ2v) is 7.29. The van der Waals surface area contributed by atoms with Crippen LogP contribution < -0.4 is 5.32 Å². The van der Waals surface area contributed by atoms with E-state index in [0.717, 1.165) is 48.7 Å². The zero-order valence-corrected chi connectivity index (χ0v) is 16.4. The Morgan fingerprint density at radius 2 is 2.20 bits per heavy atom. The summed E-state index contributed by atoms with van der Waals surface area (Å²) in [6.45, 7) is 7.78. The summed E-state index contributed by atoms with van der Waals surface area (Å²) >= 11 is 3.52. The molecule has 1 aliphatic heterocycles. The molecular formula is C18H25BrN6. The van der Waals surface area contributed by atoms with E-state index < -0.39 is 0 Å². The topological polar surface area (TPSA) is 69.2 Å². The molecule has 25 heavy (non-hydrogen) atoms. The van der Waals surface area contributed by atoms with Crippen molar-refractivity contribution in [2.75, 3.05) is 19.6 Å². The van der Waals surface area contributed by atoms with Crippen molar-refractivity contribution in [3.8, 4) is 0 Å². The molecule has 2 heterocycles. The number of hydrogen-bond donors (Lipinski definition) is 2. The van der Waals surface area contributed by atoms with Crippen LogP contribution >= 0.6 is 15.9 Å². The Morgan fingerprint density at radius 3 is 2.84 bits per heavy atom. The Balaban J connectivity index is 1.64. The first kappa shape index (κ1) is 17.9. The van der Waals surface area contributed by atoms with Crippen LogP contribution in [0, 0.1) is 6.92 Å². The fourth-order valence-corrected chi connectivity index (χ4v) is 3.67. The molecule has 0 unspecified atom stereocenters. The van der Waals surface area contributed by atoms with Crippen molar-refractivity contribution in [3.05, 3.63) is 46.0 Å². The molecule has 1 aromatic heterocycles. The molecule has 1 aliphatic rings. The molecule has 7 heteroatoms. The summed E-state index contributed by atoms with van der Waals surface area (Å²) in [5.41, 5.74) is 2.52. The standard InChI is InChI=1S/C18H25BrN6/c1-3-20-18(21-11-15-4-5-16(19)10-13(15)2)25-8-6-14(7-9-25)17-22-12-23-24-17/h4-5,10,12,14H,3,6-9,11H2,1-2H3,(H,20,21)(H,22,23,24). The number of hydrogen-bond acceptors (Lipinski definition) is 3. The lowest BCUT2D eigenvalue weighted by atomic mass is 9.96. The molecule has 1 aromatic carbocycles. The largest absolute Gasteiger partial charge is 0.357 e. The minimum absolute atomic E-state index is 0.468. The van der Waals surface area contributed by atoms with Crippen LogP contribution in [0.3, 0.4) is 0 Å². The maximum atomic E-state index is 4.87. The van der Waals surface area contributed by atoms with E-state index in [2.05, 4.69) is 73.4 Å². The molecule has 0 atom stereocenters. The lowest BCUT2D eigenvalue weighted by Gasteiger charge is -2.33. The summed E-state index contributed by atoms with van der Waals surface area (Å²) in [6.07, 6.45) is 3.72. The molecule has 0 bridgehead atoms. The van der Waals surface area contributed by atoms with Crippen molar-refractivity contribution in [1.29, 1.82) is 0 Å². The molecule has 0 amide bonds. The molecule has 0 aliphatic carbocycles. The highest BCUT2D eigenvalue weighted by Crippen LogP contribution is 2.25. The van der Waals surface area contributed by atoms with E-state index in [4.69, 9.17) is 4.99 Å². The summed E-state index contributed by atoms with van der Waals surface area (Å²) in [6, 6.07) is 6.36. The van der Waals surface area contributed by atoms with Gasteiger partial charge in [0.05, 0.1) is 6.54 Å². The highest BCUT2D eigenvalue weighted by Gasteiger charge is 2.24. The van der Waals surface area contributed by atoms with E-state index in [-0.39, 0.29) is 0 Å². The average Bonchev–Trinajstić information content (AvgIpc) is 3.15. The van der Waals surface area contributed by atoms with Crippen molar-refractivity contribution in [1.82, 2.24) is 25.4 Å². The van der Waals surface area contributed by atoms with Crippen LogP contribution in [0.15, 0.2) is 34.0 Å². The average molecular weight is 405 g/mol. The van der Waals surface area contributed by atoms with E-state index in [1.165, 1.54) is 11.1 Å². The van der Waals surface area contributed by atoms with Crippen LogP contribution in [-0.2, 0) is 6.54 Å². The lowest BCUT2D eigenvalue weighted by Crippen LogP contribution is -2.45. The third-order valence-electron chi connectivity index (χ3n) is 4.65. The number of aryl methyl sites for hydroxylation is 1. The van der Waals surface area contributed by atoms with E-state index in [0.29, 0.717) is 12.5 Å². The van der Waals surface area contributed by atoms with Crippen molar-refractivity contribution in [2.24, 2.45) is 4.99 Å². The summed E-state index contributed by atoms with van der Waals surface area (Å²) in [7, 11) is 0. The summed E-state index contributed by atoms with van der Waals surface area (Å²) in [5, 5.41) is 10.4. The SMILES string of the molecule is CCNC(=NCc1ccc(Br)cc1C)N1CCC(c2ncn[nH]2)CC1. The smallest absolute Gasteiger partial charge is 0.194 e. The van der Waals surface area contributed by atoms with E-state index in [1.807, 2.05) is 0 Å². The van der Waals surface area contributed by atoms with Gasteiger partial charge in [-0.15, -0.1) is 0 Å². The number of halogens is 1. The molecule has 0 saturated carbocycles. The van der Waals surface area contributed by atoms with Crippen molar-refractivity contribution in [2.45, 2.75) is 39.2 Å². The van der Waals surface area contributed by atoms with Crippen LogP contribution in [0.4, 0.5) is 0 Å². The number of benzene rings is 1. The molecule has 2 aromatic rings. The third-order valence-corrected chi connectivity index (χ3v) is 5.15. The van der Waals surface area contributed by atoms with Gasteiger partial charge in [-0.2, -0.15) is 5.10 Å². The van der Waals surface area contributed by atoms with Crippen molar-refractivity contribution >= 4 is 21.9 Å². The maximum absolute atomic E-state index is 4.87. The Kier molecular flexibility index (Phi) is 6.07. The number of piperidine rings is 1. The van der Waals surface area contributed by atoms with Gasteiger partial charge in [0.2, 0.25) is 0 Å². The summed E-state index contributed by atoms with van der Waals surface area (Å²) < 4.78 is 1.11. The molecule has 3 rings (SSSR count). The van der Waals surface area contributed by atoms with Gasteiger partial charge in [-0.05, 0) is 49.9 Å². The molecule has 1 saturated heterocycles. The van der Waals surface area contributed by atoms with Gasteiger partial charge in [-0.25, -0.2) is 9.98 Å². The van der Waals surface area contributed by atoms with Gasteiger partial charge in [-0.1, -0.05) is 22.0 Å². The minimum Gasteiger partial charge on any atom is -0.357 e. The van der Waals surface area contributed by atoms with Crippen LogP contribution in [0.2, 0.25) is 0 Å². The van der Waals surface area contributed by atoms with Gasteiger partial charge < -0.3 is 10.2 Å². The Labute approximate surface area is 157 Å². The lowest BCUT2D eigenvalue weighted by molar-refractivity contribution is 0.299. The fraction of sp³-hybridized carbons (Fsp3) is 0.500. The van der Waals surface area contributed by atoms with Gasteiger partial charge >= 0.3 is 0 Å². The predicted molar refractivity (Wildman–Crippen MR) is 104 cm³/mol. The Morgan fingerprint density at radius 1 is 1.40 bits per heavy atom. The van der Waals surface area contributed by atoms with E-state index in [9.17, 15) is 0 Å². The number of aliphatic imine (C=N–C) groups is 1. The number of nitrogens with one attached hydrogen (secondary N) is 2. The van der Waals surface area contributed by atoms with Gasteiger partial charge in [0, 0.05) is 30.0 Å². The molecule has 0 spiro atoms. The highest BCUT2D eigenvalue weighted by molar-refractivity contribution is 9.10.